The van der Waals surface area contributed by atoms with E-state index >= 15 is 0 Å². The first kappa shape index (κ1) is 8.63. The Balaban J connectivity index is 2.42. The van der Waals surface area contributed by atoms with E-state index in [1.807, 2.05) is 25.2 Å². The summed E-state index contributed by atoms with van der Waals surface area (Å²) in [5.74, 6) is 0.186. The molecule has 0 spiro atoms. The van der Waals surface area contributed by atoms with E-state index in [1.165, 1.54) is 5.57 Å². The number of allylic oxidation sites excluding steroid dienone is 4. The lowest BCUT2D eigenvalue weighted by Gasteiger charge is -2.06. The normalized spacial score (nSPS) is 19.8. The first-order valence-electron chi connectivity index (χ1n) is 3.67. The monoisotopic (exact) mass is 170 g/mol. The zero-order valence-corrected chi connectivity index (χ0v) is 7.38. The van der Waals surface area contributed by atoms with Gasteiger partial charge in [-0.1, -0.05) is 35.3 Å². The van der Waals surface area contributed by atoms with Crippen molar-refractivity contribution in [3.8, 4) is 0 Å². The van der Waals surface area contributed by atoms with E-state index in [9.17, 15) is 9.46 Å². The molecule has 0 radical (unpaired) electrons. The van der Waals surface area contributed by atoms with Crippen molar-refractivity contribution in [1.29, 1.82) is 0 Å². The van der Waals surface area contributed by atoms with Gasteiger partial charge in [0.1, 0.15) is 6.16 Å². The molecule has 0 aromatic heterocycles. The lowest BCUT2D eigenvalue weighted by molar-refractivity contribution is -0.164. The van der Waals surface area contributed by atoms with E-state index < -0.39 is 8.03 Å². The Morgan fingerprint density at radius 2 is 2.55 bits per heavy atom. The van der Waals surface area contributed by atoms with Crippen molar-refractivity contribution in [3.63, 3.8) is 0 Å². The third-order valence-corrected chi connectivity index (χ3v) is 2.70. The Hall–Kier alpha value is -0.460. The van der Waals surface area contributed by atoms with Gasteiger partial charge in [0.15, 0.2) is 0 Å². The molecule has 0 saturated heterocycles. The molecule has 11 heavy (non-hydrogen) atoms. The molecular weight excluding hydrogens is 159 g/mol. The summed E-state index contributed by atoms with van der Waals surface area (Å²) in [7, 11) is -2.22. The second kappa shape index (κ2) is 3.80. The topological polar surface area (TPSA) is 40.1 Å². The molecule has 2 unspecified atom stereocenters. The van der Waals surface area contributed by atoms with Crippen molar-refractivity contribution in [3.05, 3.63) is 23.8 Å². The van der Waals surface area contributed by atoms with Crippen molar-refractivity contribution < 1.29 is 9.46 Å². The van der Waals surface area contributed by atoms with Gasteiger partial charge in [-0.05, 0) is 6.42 Å². The van der Waals surface area contributed by atoms with Crippen LogP contribution in [0.5, 0.6) is 0 Å². The minimum absolute atomic E-state index is 0.186. The lowest BCUT2D eigenvalue weighted by atomic mass is 10.0. The van der Waals surface area contributed by atoms with Gasteiger partial charge in [0, 0.05) is 5.92 Å². The van der Waals surface area contributed by atoms with Crippen LogP contribution in [-0.2, 0) is 4.57 Å². The van der Waals surface area contributed by atoms with Crippen molar-refractivity contribution in [2.45, 2.75) is 13.3 Å². The van der Waals surface area contributed by atoms with E-state index in [2.05, 4.69) is 0 Å². The SMILES string of the molecule is CC(C[P+](=O)[O-])C1=CC=CC1. The summed E-state index contributed by atoms with van der Waals surface area (Å²) in [6.07, 6.45) is 7.23. The predicted molar refractivity (Wildman–Crippen MR) is 43.5 cm³/mol. The minimum Gasteiger partial charge on any atom is -0.596 e. The maximum absolute atomic E-state index is 10.4. The van der Waals surface area contributed by atoms with Crippen LogP contribution in [0.15, 0.2) is 23.8 Å². The summed E-state index contributed by atoms with van der Waals surface area (Å²) in [5, 5.41) is 0. The number of hydrogen-bond donors (Lipinski definition) is 0. The Morgan fingerprint density at radius 1 is 1.82 bits per heavy atom. The Bertz CT molecular complexity index is 218. The van der Waals surface area contributed by atoms with E-state index in [4.69, 9.17) is 0 Å². The highest BCUT2D eigenvalue weighted by atomic mass is 31.1. The van der Waals surface area contributed by atoms with Gasteiger partial charge in [-0.3, -0.25) is 0 Å². The second-order valence-electron chi connectivity index (χ2n) is 2.79. The second-order valence-corrected chi connectivity index (χ2v) is 3.82. The Kier molecular flexibility index (Phi) is 2.98. The van der Waals surface area contributed by atoms with Gasteiger partial charge >= 0.3 is 8.03 Å². The molecule has 2 atom stereocenters. The van der Waals surface area contributed by atoms with Crippen LogP contribution in [0.1, 0.15) is 13.3 Å². The molecule has 60 valence electrons. The highest BCUT2D eigenvalue weighted by molar-refractivity contribution is 7.36. The molecule has 1 rings (SSSR count). The highest BCUT2D eigenvalue weighted by Crippen LogP contribution is 2.25. The van der Waals surface area contributed by atoms with Crippen molar-refractivity contribution in [2.24, 2.45) is 5.92 Å². The quantitative estimate of drug-likeness (QED) is 0.603. The van der Waals surface area contributed by atoms with E-state index in [0.717, 1.165) is 6.42 Å². The number of rotatable bonds is 3. The van der Waals surface area contributed by atoms with Gasteiger partial charge in [-0.15, -0.1) is 0 Å². The molecule has 1 aliphatic carbocycles. The summed E-state index contributed by atoms with van der Waals surface area (Å²) < 4.78 is 10.4. The maximum Gasteiger partial charge on any atom is 0.309 e. The summed E-state index contributed by atoms with van der Waals surface area (Å²) in [4.78, 5) is 10.4. The lowest BCUT2D eigenvalue weighted by Crippen LogP contribution is -2.04. The van der Waals surface area contributed by atoms with Gasteiger partial charge in [-0.2, -0.15) is 0 Å². The molecule has 0 amide bonds. The van der Waals surface area contributed by atoms with E-state index in [0.29, 0.717) is 0 Å². The molecule has 0 aromatic rings. The van der Waals surface area contributed by atoms with Crippen LogP contribution in [0.2, 0.25) is 0 Å². The molecule has 2 nitrogen and oxygen atoms in total. The van der Waals surface area contributed by atoms with E-state index in [1.54, 1.807) is 0 Å². The summed E-state index contributed by atoms with van der Waals surface area (Å²) in [6, 6.07) is 0. The molecule has 0 bridgehead atoms. The van der Waals surface area contributed by atoms with Crippen LogP contribution in [0.4, 0.5) is 0 Å². The number of hydrogen-bond acceptors (Lipinski definition) is 2. The molecule has 0 aromatic carbocycles. The molecular formula is C8H11O2P. The van der Waals surface area contributed by atoms with Gasteiger partial charge in [0.25, 0.3) is 0 Å². The molecule has 0 N–H and O–H groups in total. The van der Waals surface area contributed by atoms with Crippen LogP contribution in [0.25, 0.3) is 0 Å². The smallest absolute Gasteiger partial charge is 0.309 e. The molecule has 0 fully saturated rings. The molecule has 0 heterocycles. The summed E-state index contributed by atoms with van der Waals surface area (Å²) in [5.41, 5.74) is 1.23. The van der Waals surface area contributed by atoms with E-state index in [-0.39, 0.29) is 12.1 Å². The van der Waals surface area contributed by atoms with Crippen LogP contribution in [0.3, 0.4) is 0 Å². The predicted octanol–water partition coefficient (Wildman–Crippen LogP) is 1.61. The maximum atomic E-state index is 10.4. The fourth-order valence-electron chi connectivity index (χ4n) is 1.17. The zero-order chi connectivity index (χ0) is 8.27. The van der Waals surface area contributed by atoms with Crippen molar-refractivity contribution in [2.75, 3.05) is 6.16 Å². The Morgan fingerprint density at radius 3 is 3.00 bits per heavy atom. The van der Waals surface area contributed by atoms with Gasteiger partial charge < -0.3 is 4.89 Å². The van der Waals surface area contributed by atoms with Crippen LogP contribution >= 0.6 is 8.03 Å². The third-order valence-electron chi connectivity index (χ3n) is 1.86. The molecule has 3 heteroatoms. The van der Waals surface area contributed by atoms with Gasteiger partial charge in [0.05, 0.1) is 0 Å². The van der Waals surface area contributed by atoms with Gasteiger partial charge in [0.2, 0.25) is 0 Å². The average molecular weight is 170 g/mol. The Labute approximate surface area is 67.5 Å². The standard InChI is InChI=1S/C8H11O2P/c1-7(6-11(9)10)8-4-2-3-5-8/h2-4,7H,5-6H2,1H3. The highest BCUT2D eigenvalue weighted by Gasteiger charge is 2.15. The summed E-state index contributed by atoms with van der Waals surface area (Å²) in [6.45, 7) is 1.95. The molecule has 1 aliphatic rings. The molecule has 0 aliphatic heterocycles. The fourth-order valence-corrected chi connectivity index (χ4v) is 1.85. The van der Waals surface area contributed by atoms with Crippen LogP contribution < -0.4 is 4.89 Å². The summed E-state index contributed by atoms with van der Waals surface area (Å²) >= 11 is 0. The molecule has 0 saturated carbocycles. The van der Waals surface area contributed by atoms with Crippen LogP contribution in [0, 0.1) is 5.92 Å². The zero-order valence-electron chi connectivity index (χ0n) is 6.49. The van der Waals surface area contributed by atoms with Crippen molar-refractivity contribution in [1.82, 2.24) is 0 Å². The van der Waals surface area contributed by atoms with Crippen molar-refractivity contribution >= 4 is 8.03 Å². The largest absolute Gasteiger partial charge is 0.596 e. The fraction of sp³-hybridized carbons (Fsp3) is 0.500. The van der Waals surface area contributed by atoms with Crippen LogP contribution in [-0.4, -0.2) is 6.16 Å². The average Bonchev–Trinajstić information content (AvgIpc) is 2.35. The first-order chi connectivity index (χ1) is 5.20. The van der Waals surface area contributed by atoms with Gasteiger partial charge in [-0.25, -0.2) is 0 Å². The third kappa shape index (κ3) is 2.57. The minimum atomic E-state index is -2.22. The first-order valence-corrected chi connectivity index (χ1v) is 5.04.